The highest BCUT2D eigenvalue weighted by Crippen LogP contribution is 2.31. The van der Waals surface area contributed by atoms with Gasteiger partial charge in [-0.1, -0.05) is 24.3 Å². The van der Waals surface area contributed by atoms with Gasteiger partial charge in [-0.25, -0.2) is 0 Å². The van der Waals surface area contributed by atoms with E-state index in [2.05, 4.69) is 0 Å². The first-order valence-electron chi connectivity index (χ1n) is 5.18. The van der Waals surface area contributed by atoms with Gasteiger partial charge in [0.25, 0.3) is 0 Å². The summed E-state index contributed by atoms with van der Waals surface area (Å²) in [7, 11) is 0. The fraction of sp³-hybridized carbons (Fsp3) is 0.143. The van der Waals surface area contributed by atoms with Crippen LogP contribution in [0.1, 0.15) is 11.1 Å². The summed E-state index contributed by atoms with van der Waals surface area (Å²) in [4.78, 5) is 0. The number of phenolic OH excluding ortho intramolecular Hbond substituents is 2. The third-order valence-corrected chi connectivity index (χ3v) is 2.83. The molecular weight excluding hydrogens is 200 g/mol. The Labute approximate surface area is 94.8 Å². The smallest absolute Gasteiger partial charge is 0.119 e. The second-order valence-electron chi connectivity index (χ2n) is 3.95. The normalized spacial score (nSPS) is 10.4. The molecule has 0 unspecified atom stereocenters. The highest BCUT2D eigenvalue weighted by Gasteiger charge is 2.06. The van der Waals surface area contributed by atoms with Crippen LogP contribution < -0.4 is 0 Å². The third-order valence-electron chi connectivity index (χ3n) is 2.83. The molecule has 0 aliphatic heterocycles. The zero-order valence-corrected chi connectivity index (χ0v) is 9.36. The van der Waals surface area contributed by atoms with Crippen LogP contribution in [0.3, 0.4) is 0 Å². The molecule has 0 spiro atoms. The predicted octanol–water partition coefficient (Wildman–Crippen LogP) is 3.38. The van der Waals surface area contributed by atoms with E-state index in [-0.39, 0.29) is 11.5 Å². The number of aryl methyl sites for hydroxylation is 1. The topological polar surface area (TPSA) is 40.5 Å². The van der Waals surface area contributed by atoms with Gasteiger partial charge in [-0.15, -0.1) is 0 Å². The van der Waals surface area contributed by atoms with Crippen molar-refractivity contribution in [1.82, 2.24) is 0 Å². The maximum absolute atomic E-state index is 9.66. The molecule has 0 aliphatic carbocycles. The second-order valence-corrected chi connectivity index (χ2v) is 3.95. The Morgan fingerprint density at radius 1 is 0.875 bits per heavy atom. The second kappa shape index (κ2) is 3.89. The van der Waals surface area contributed by atoms with Gasteiger partial charge in [0, 0.05) is 0 Å². The van der Waals surface area contributed by atoms with Crippen molar-refractivity contribution >= 4 is 0 Å². The summed E-state index contributed by atoms with van der Waals surface area (Å²) in [5.74, 6) is 0.554. The van der Waals surface area contributed by atoms with Gasteiger partial charge in [0.1, 0.15) is 11.5 Å². The first-order valence-corrected chi connectivity index (χ1v) is 5.18. The van der Waals surface area contributed by atoms with Crippen LogP contribution in [0.2, 0.25) is 0 Å². The van der Waals surface area contributed by atoms with Crippen LogP contribution in [0.4, 0.5) is 0 Å². The van der Waals surface area contributed by atoms with E-state index in [1.807, 2.05) is 32.0 Å². The molecule has 2 aromatic rings. The Hall–Kier alpha value is -1.96. The van der Waals surface area contributed by atoms with Crippen molar-refractivity contribution < 1.29 is 10.2 Å². The molecule has 0 saturated carbocycles. The molecule has 0 aromatic heterocycles. The molecule has 0 amide bonds. The minimum atomic E-state index is 0.276. The molecular formula is C14H14O2. The van der Waals surface area contributed by atoms with E-state index in [4.69, 9.17) is 0 Å². The number of aromatic hydroxyl groups is 2. The van der Waals surface area contributed by atoms with E-state index in [0.717, 1.165) is 22.3 Å². The molecule has 0 atom stereocenters. The Morgan fingerprint density at radius 2 is 1.62 bits per heavy atom. The number of phenols is 2. The van der Waals surface area contributed by atoms with Gasteiger partial charge in [-0.3, -0.25) is 0 Å². The molecule has 2 aromatic carbocycles. The van der Waals surface area contributed by atoms with E-state index >= 15 is 0 Å². The Morgan fingerprint density at radius 3 is 2.31 bits per heavy atom. The molecule has 16 heavy (non-hydrogen) atoms. The lowest BCUT2D eigenvalue weighted by Gasteiger charge is -2.09. The molecule has 2 N–H and O–H groups in total. The van der Waals surface area contributed by atoms with Crippen LogP contribution in [0.5, 0.6) is 11.5 Å². The lowest BCUT2D eigenvalue weighted by molar-refractivity contribution is 0.470. The van der Waals surface area contributed by atoms with Crippen LogP contribution >= 0.6 is 0 Å². The Bertz CT molecular complexity index is 530. The lowest BCUT2D eigenvalue weighted by Crippen LogP contribution is -1.84. The molecule has 82 valence electrons. The van der Waals surface area contributed by atoms with E-state index < -0.39 is 0 Å². The molecule has 0 fully saturated rings. The largest absolute Gasteiger partial charge is 0.508 e. The fourth-order valence-corrected chi connectivity index (χ4v) is 1.71. The monoisotopic (exact) mass is 214 g/mol. The maximum atomic E-state index is 9.66. The van der Waals surface area contributed by atoms with E-state index in [0.29, 0.717) is 0 Å². The highest BCUT2D eigenvalue weighted by atomic mass is 16.3. The van der Waals surface area contributed by atoms with Gasteiger partial charge in [0.05, 0.1) is 0 Å². The van der Waals surface area contributed by atoms with Crippen molar-refractivity contribution in [3.05, 3.63) is 47.5 Å². The van der Waals surface area contributed by atoms with Gasteiger partial charge in [0.15, 0.2) is 0 Å². The maximum Gasteiger partial charge on any atom is 0.119 e. The SMILES string of the molecule is Cc1ccc(-c2cccc(O)c2C)cc1O. The Kier molecular flexibility index (Phi) is 2.57. The molecule has 0 radical (unpaired) electrons. The molecule has 2 rings (SSSR count). The average molecular weight is 214 g/mol. The summed E-state index contributed by atoms with van der Waals surface area (Å²) >= 11 is 0. The highest BCUT2D eigenvalue weighted by molar-refractivity contribution is 5.71. The quantitative estimate of drug-likeness (QED) is 0.764. The zero-order chi connectivity index (χ0) is 11.7. The predicted molar refractivity (Wildman–Crippen MR) is 64.7 cm³/mol. The van der Waals surface area contributed by atoms with Crippen molar-refractivity contribution in [2.75, 3.05) is 0 Å². The van der Waals surface area contributed by atoms with Gasteiger partial charge < -0.3 is 10.2 Å². The van der Waals surface area contributed by atoms with Gasteiger partial charge in [0.2, 0.25) is 0 Å². The van der Waals surface area contributed by atoms with Crippen LogP contribution in [0.25, 0.3) is 11.1 Å². The first-order chi connectivity index (χ1) is 7.59. The van der Waals surface area contributed by atoms with Crippen LogP contribution in [0.15, 0.2) is 36.4 Å². The molecule has 2 nitrogen and oxygen atoms in total. The summed E-state index contributed by atoms with van der Waals surface area (Å²) in [5.41, 5.74) is 3.53. The molecule has 0 heterocycles. The van der Waals surface area contributed by atoms with E-state index in [9.17, 15) is 10.2 Å². The van der Waals surface area contributed by atoms with Gasteiger partial charge in [-0.2, -0.15) is 0 Å². The average Bonchev–Trinajstić information content (AvgIpc) is 2.26. The minimum Gasteiger partial charge on any atom is -0.508 e. The lowest BCUT2D eigenvalue weighted by atomic mass is 9.98. The van der Waals surface area contributed by atoms with Crippen molar-refractivity contribution in [2.45, 2.75) is 13.8 Å². The minimum absolute atomic E-state index is 0.276. The fourth-order valence-electron chi connectivity index (χ4n) is 1.71. The number of hydrogen-bond acceptors (Lipinski definition) is 2. The zero-order valence-electron chi connectivity index (χ0n) is 9.36. The summed E-state index contributed by atoms with van der Waals surface area (Å²) in [6, 6.07) is 10.9. The van der Waals surface area contributed by atoms with Crippen molar-refractivity contribution in [1.29, 1.82) is 0 Å². The molecule has 2 heteroatoms. The standard InChI is InChI=1S/C14H14O2/c1-9-6-7-11(8-14(9)16)12-4-3-5-13(15)10(12)2/h3-8,15-16H,1-2H3. The van der Waals surface area contributed by atoms with Crippen LogP contribution in [-0.2, 0) is 0 Å². The number of hydrogen-bond donors (Lipinski definition) is 2. The van der Waals surface area contributed by atoms with Gasteiger partial charge in [-0.05, 0) is 48.2 Å². The molecule has 0 aliphatic rings. The molecule has 0 bridgehead atoms. The van der Waals surface area contributed by atoms with Crippen molar-refractivity contribution in [2.24, 2.45) is 0 Å². The Balaban J connectivity index is 2.59. The van der Waals surface area contributed by atoms with Crippen LogP contribution in [0, 0.1) is 13.8 Å². The van der Waals surface area contributed by atoms with Gasteiger partial charge >= 0.3 is 0 Å². The third kappa shape index (κ3) is 1.74. The van der Waals surface area contributed by atoms with Crippen molar-refractivity contribution in [3.8, 4) is 22.6 Å². The summed E-state index contributed by atoms with van der Waals surface area (Å²) in [5, 5.41) is 19.3. The van der Waals surface area contributed by atoms with Crippen molar-refractivity contribution in [3.63, 3.8) is 0 Å². The van der Waals surface area contributed by atoms with E-state index in [1.165, 1.54) is 0 Å². The van der Waals surface area contributed by atoms with E-state index in [1.54, 1.807) is 18.2 Å². The summed E-state index contributed by atoms with van der Waals surface area (Å²) in [6.07, 6.45) is 0. The first kappa shape index (κ1) is 10.6. The van der Waals surface area contributed by atoms with Crippen LogP contribution in [-0.4, -0.2) is 10.2 Å². The molecule has 0 saturated heterocycles. The number of rotatable bonds is 1. The number of benzene rings is 2. The summed E-state index contributed by atoms with van der Waals surface area (Å²) in [6.45, 7) is 3.72. The summed E-state index contributed by atoms with van der Waals surface area (Å²) < 4.78 is 0.